The molecule has 10 heteroatoms. The number of fused-ring (bicyclic) bond motifs is 1. The Labute approximate surface area is 186 Å². The van der Waals surface area contributed by atoms with Crippen LogP contribution in [0.4, 0.5) is 13.2 Å². The second-order valence-electron chi connectivity index (χ2n) is 7.91. The van der Waals surface area contributed by atoms with E-state index in [0.717, 1.165) is 24.7 Å². The fourth-order valence-corrected chi connectivity index (χ4v) is 4.08. The molecule has 1 unspecified atom stereocenters. The number of rotatable bonds is 6. The standard InChI is InChI=1S/C23H22F3N3O4/c1-9(28-15-5-6-27-10(15)2)3-4-12-13-7-11(24)8-14(25)18(13)29-19(12)16-20(30)22(32)17(26)23(33)21(16)31/h7-8,15,27-33H,1-6H2. The second kappa shape index (κ2) is 8.19. The number of phenolic OH excluding ortho intramolecular Hbond substituents is 4. The van der Waals surface area contributed by atoms with E-state index in [1.807, 2.05) is 0 Å². The van der Waals surface area contributed by atoms with Gasteiger partial charge in [-0.15, -0.1) is 0 Å². The predicted molar refractivity (Wildman–Crippen MR) is 116 cm³/mol. The second-order valence-corrected chi connectivity index (χ2v) is 7.91. The summed E-state index contributed by atoms with van der Waals surface area (Å²) in [7, 11) is 0. The SMILES string of the molecule is C=C(CCc1c(-c2c(O)c(O)c(F)c(O)c2O)[nH]c2c(F)cc(F)cc12)NC1CCNC1=C. The fraction of sp³-hybridized carbons (Fsp3) is 0.217. The van der Waals surface area contributed by atoms with Gasteiger partial charge in [0.25, 0.3) is 0 Å². The molecule has 0 saturated carbocycles. The maximum atomic E-state index is 14.5. The van der Waals surface area contributed by atoms with Crippen molar-refractivity contribution in [1.29, 1.82) is 0 Å². The first-order valence-corrected chi connectivity index (χ1v) is 10.1. The van der Waals surface area contributed by atoms with E-state index in [-0.39, 0.29) is 34.6 Å². The van der Waals surface area contributed by atoms with Gasteiger partial charge in [-0.3, -0.25) is 0 Å². The maximum absolute atomic E-state index is 14.5. The van der Waals surface area contributed by atoms with Crippen molar-refractivity contribution in [3.05, 3.63) is 59.7 Å². The summed E-state index contributed by atoms with van der Waals surface area (Å²) in [4.78, 5) is 2.65. The van der Waals surface area contributed by atoms with Gasteiger partial charge >= 0.3 is 0 Å². The molecule has 1 saturated heterocycles. The predicted octanol–water partition coefficient (Wildman–Crippen LogP) is 3.99. The van der Waals surface area contributed by atoms with Gasteiger partial charge in [0.1, 0.15) is 11.6 Å². The number of aryl methyl sites for hydroxylation is 1. The molecule has 0 spiro atoms. The average Bonchev–Trinajstić information content (AvgIpc) is 3.33. The Balaban J connectivity index is 1.80. The highest BCUT2D eigenvalue weighted by molar-refractivity contribution is 5.94. The zero-order valence-corrected chi connectivity index (χ0v) is 17.4. The molecule has 0 radical (unpaired) electrons. The smallest absolute Gasteiger partial charge is 0.214 e. The molecule has 1 atom stereocenters. The summed E-state index contributed by atoms with van der Waals surface area (Å²) in [6, 6.07) is 1.71. The van der Waals surface area contributed by atoms with Crippen LogP contribution in [0.5, 0.6) is 23.0 Å². The van der Waals surface area contributed by atoms with Crippen LogP contribution in [0.2, 0.25) is 0 Å². The van der Waals surface area contributed by atoms with Gasteiger partial charge in [-0.2, -0.15) is 4.39 Å². The van der Waals surface area contributed by atoms with E-state index in [1.165, 1.54) is 0 Å². The van der Waals surface area contributed by atoms with Crippen molar-refractivity contribution < 1.29 is 33.6 Å². The molecule has 7 N–H and O–H groups in total. The number of halogens is 3. The Morgan fingerprint density at radius 2 is 1.73 bits per heavy atom. The monoisotopic (exact) mass is 461 g/mol. The van der Waals surface area contributed by atoms with Crippen LogP contribution in [0.1, 0.15) is 18.4 Å². The lowest BCUT2D eigenvalue weighted by Crippen LogP contribution is -2.28. The Hall–Kier alpha value is -3.95. The van der Waals surface area contributed by atoms with Gasteiger partial charge in [0.05, 0.1) is 22.8 Å². The van der Waals surface area contributed by atoms with E-state index >= 15 is 0 Å². The van der Waals surface area contributed by atoms with Crippen LogP contribution in [-0.2, 0) is 6.42 Å². The fourth-order valence-electron chi connectivity index (χ4n) is 4.08. The summed E-state index contributed by atoms with van der Waals surface area (Å²) < 4.78 is 42.4. The largest absolute Gasteiger partial charge is 0.504 e. The van der Waals surface area contributed by atoms with Crippen molar-refractivity contribution in [1.82, 2.24) is 15.6 Å². The van der Waals surface area contributed by atoms with Gasteiger partial charge in [0.2, 0.25) is 5.82 Å². The van der Waals surface area contributed by atoms with Crippen LogP contribution in [-0.4, -0.2) is 38.0 Å². The van der Waals surface area contributed by atoms with Crippen LogP contribution >= 0.6 is 0 Å². The maximum Gasteiger partial charge on any atom is 0.214 e. The van der Waals surface area contributed by atoms with E-state index in [2.05, 4.69) is 28.8 Å². The third kappa shape index (κ3) is 3.77. The van der Waals surface area contributed by atoms with E-state index in [0.29, 0.717) is 18.2 Å². The average molecular weight is 461 g/mol. The number of nitrogens with one attached hydrogen (secondary N) is 3. The summed E-state index contributed by atoms with van der Waals surface area (Å²) in [6.07, 6.45) is 1.24. The van der Waals surface area contributed by atoms with Gasteiger partial charge in [-0.1, -0.05) is 13.2 Å². The minimum absolute atomic E-state index is 0.0195. The third-order valence-corrected chi connectivity index (χ3v) is 5.78. The van der Waals surface area contributed by atoms with Gasteiger partial charge in [-0.05, 0) is 30.9 Å². The van der Waals surface area contributed by atoms with E-state index in [4.69, 9.17) is 0 Å². The number of H-pyrrole nitrogens is 1. The van der Waals surface area contributed by atoms with Crippen LogP contribution in [0.3, 0.4) is 0 Å². The Morgan fingerprint density at radius 3 is 2.33 bits per heavy atom. The highest BCUT2D eigenvalue weighted by Crippen LogP contribution is 2.51. The number of phenols is 4. The van der Waals surface area contributed by atoms with Crippen molar-refractivity contribution in [2.75, 3.05) is 6.54 Å². The van der Waals surface area contributed by atoms with E-state index in [9.17, 15) is 33.6 Å². The first kappa shape index (κ1) is 22.3. The van der Waals surface area contributed by atoms with Crippen LogP contribution in [0.25, 0.3) is 22.2 Å². The molecular weight excluding hydrogens is 439 g/mol. The normalized spacial score (nSPS) is 15.7. The number of benzene rings is 2. The summed E-state index contributed by atoms with van der Waals surface area (Å²) >= 11 is 0. The van der Waals surface area contributed by atoms with Gasteiger partial charge in [0.15, 0.2) is 23.0 Å². The summed E-state index contributed by atoms with van der Waals surface area (Å²) in [5.41, 5.74) is 0.890. The molecule has 33 heavy (non-hydrogen) atoms. The molecule has 1 aromatic heterocycles. The summed E-state index contributed by atoms with van der Waals surface area (Å²) in [5, 5.41) is 46.8. The van der Waals surface area contributed by atoms with Gasteiger partial charge in [0, 0.05) is 29.4 Å². The van der Waals surface area contributed by atoms with Gasteiger partial charge in [-0.25, -0.2) is 8.78 Å². The molecule has 174 valence electrons. The quantitative estimate of drug-likeness (QED) is 0.220. The minimum Gasteiger partial charge on any atom is -0.504 e. The lowest BCUT2D eigenvalue weighted by Gasteiger charge is -2.17. The summed E-state index contributed by atoms with van der Waals surface area (Å²) in [6.45, 7) is 8.67. The number of hydrogen-bond donors (Lipinski definition) is 7. The van der Waals surface area contributed by atoms with Crippen LogP contribution in [0.15, 0.2) is 36.7 Å². The molecule has 7 nitrogen and oxygen atoms in total. The first-order valence-electron chi connectivity index (χ1n) is 10.1. The Kier molecular flexibility index (Phi) is 5.52. The highest BCUT2D eigenvalue weighted by atomic mass is 19.1. The van der Waals surface area contributed by atoms with Crippen molar-refractivity contribution in [2.24, 2.45) is 0 Å². The third-order valence-electron chi connectivity index (χ3n) is 5.78. The van der Waals surface area contributed by atoms with Crippen molar-refractivity contribution in [2.45, 2.75) is 25.3 Å². The Morgan fingerprint density at radius 1 is 1.06 bits per heavy atom. The molecule has 1 fully saturated rings. The number of hydrogen-bond acceptors (Lipinski definition) is 6. The molecule has 0 amide bonds. The van der Waals surface area contributed by atoms with E-state index < -0.39 is 46.0 Å². The zero-order chi connectivity index (χ0) is 24.0. The topological polar surface area (TPSA) is 121 Å². The lowest BCUT2D eigenvalue weighted by molar-refractivity contribution is 0.338. The first-order chi connectivity index (χ1) is 15.6. The molecule has 4 rings (SSSR count). The molecule has 2 aromatic carbocycles. The molecule has 0 bridgehead atoms. The minimum atomic E-state index is -1.62. The highest BCUT2D eigenvalue weighted by Gasteiger charge is 2.29. The molecule has 0 aliphatic carbocycles. The molecular formula is C23H22F3N3O4. The van der Waals surface area contributed by atoms with Crippen molar-refractivity contribution in [3.8, 4) is 34.3 Å². The van der Waals surface area contributed by atoms with E-state index in [1.54, 1.807) is 0 Å². The Bertz CT molecular complexity index is 1270. The lowest BCUT2D eigenvalue weighted by atomic mass is 9.98. The number of aromatic amines is 1. The zero-order valence-electron chi connectivity index (χ0n) is 17.4. The molecule has 1 aliphatic heterocycles. The molecule has 3 aromatic rings. The van der Waals surface area contributed by atoms with Crippen molar-refractivity contribution in [3.63, 3.8) is 0 Å². The van der Waals surface area contributed by atoms with Gasteiger partial charge < -0.3 is 36.0 Å². The van der Waals surface area contributed by atoms with Crippen molar-refractivity contribution >= 4 is 10.9 Å². The molecule has 1 aliphatic rings. The van der Waals surface area contributed by atoms with Crippen LogP contribution in [0, 0.1) is 17.5 Å². The summed E-state index contributed by atoms with van der Waals surface area (Å²) in [5.74, 6) is -8.13. The number of aromatic nitrogens is 1. The number of allylic oxidation sites excluding steroid dienone is 1. The molecule has 2 heterocycles. The number of aromatic hydroxyl groups is 4. The van der Waals surface area contributed by atoms with Crippen LogP contribution < -0.4 is 10.6 Å².